The van der Waals surface area contributed by atoms with E-state index in [-0.39, 0.29) is 4.75 Å². The molecule has 1 aromatic rings. The lowest BCUT2D eigenvalue weighted by molar-refractivity contribution is 0.209. The lowest BCUT2D eigenvalue weighted by Gasteiger charge is -2.36. The van der Waals surface area contributed by atoms with Gasteiger partial charge in [0, 0.05) is 23.2 Å². The van der Waals surface area contributed by atoms with Gasteiger partial charge in [-0.15, -0.1) is 11.8 Å². The van der Waals surface area contributed by atoms with Gasteiger partial charge < -0.3 is 0 Å². The van der Waals surface area contributed by atoms with E-state index in [9.17, 15) is 5.26 Å². The van der Waals surface area contributed by atoms with E-state index < -0.39 is 0 Å². The van der Waals surface area contributed by atoms with Crippen molar-refractivity contribution >= 4 is 34.4 Å². The monoisotopic (exact) mass is 372 g/mol. The van der Waals surface area contributed by atoms with Crippen molar-refractivity contribution in [2.75, 3.05) is 19.3 Å². The highest BCUT2D eigenvalue weighted by Crippen LogP contribution is 2.34. The second-order valence-electron chi connectivity index (χ2n) is 4.71. The van der Waals surface area contributed by atoms with Gasteiger partial charge in [0.25, 0.3) is 0 Å². The van der Waals surface area contributed by atoms with Gasteiger partial charge in [0.1, 0.15) is 4.75 Å². The van der Waals surface area contributed by atoms with Crippen molar-refractivity contribution < 1.29 is 0 Å². The first-order valence-corrected chi connectivity index (χ1v) is 8.41. The number of nitrogens with zero attached hydrogens (tertiary/aromatic N) is 2. The van der Waals surface area contributed by atoms with Gasteiger partial charge in [-0.2, -0.15) is 5.26 Å². The van der Waals surface area contributed by atoms with E-state index in [0.29, 0.717) is 0 Å². The van der Waals surface area contributed by atoms with Crippen LogP contribution in [0.4, 0.5) is 0 Å². The number of hydrogen-bond acceptors (Lipinski definition) is 3. The van der Waals surface area contributed by atoms with E-state index in [1.54, 1.807) is 11.8 Å². The first kappa shape index (κ1) is 14.2. The maximum absolute atomic E-state index is 9.26. The summed E-state index contributed by atoms with van der Waals surface area (Å²) in [7, 11) is 0. The molecule has 18 heavy (non-hydrogen) atoms. The second kappa shape index (κ2) is 6.27. The zero-order valence-electron chi connectivity index (χ0n) is 10.5. The Morgan fingerprint density at radius 3 is 2.44 bits per heavy atom. The summed E-state index contributed by atoms with van der Waals surface area (Å²) >= 11 is 4.04. The van der Waals surface area contributed by atoms with Crippen LogP contribution >= 0.6 is 34.4 Å². The number of benzene rings is 1. The first-order chi connectivity index (χ1) is 8.67. The Balaban J connectivity index is 1.91. The van der Waals surface area contributed by atoms with E-state index >= 15 is 0 Å². The van der Waals surface area contributed by atoms with Gasteiger partial charge in [-0.25, -0.2) is 0 Å². The highest BCUT2D eigenvalue weighted by molar-refractivity contribution is 14.1. The Morgan fingerprint density at radius 1 is 1.33 bits per heavy atom. The smallest absolute Gasteiger partial charge is 0.104 e. The van der Waals surface area contributed by atoms with Crippen molar-refractivity contribution in [3.8, 4) is 6.07 Å². The van der Waals surface area contributed by atoms with Crippen molar-refractivity contribution in [2.45, 2.75) is 24.1 Å². The van der Waals surface area contributed by atoms with Gasteiger partial charge >= 0.3 is 0 Å². The lowest BCUT2D eigenvalue weighted by atomic mass is 9.97. The summed E-state index contributed by atoms with van der Waals surface area (Å²) < 4.78 is 1.14. The fraction of sp³-hybridized carbons (Fsp3) is 0.500. The standard InChI is InChI=1S/C14H17IN2S/c1-18-14(11-16)6-8-17(9-7-14)10-12-2-4-13(15)5-3-12/h2-5H,6-10H2,1H3. The van der Waals surface area contributed by atoms with Crippen molar-refractivity contribution in [3.05, 3.63) is 33.4 Å². The predicted octanol–water partition coefficient (Wildman–Crippen LogP) is 3.51. The Bertz CT molecular complexity index is 430. The minimum atomic E-state index is -0.136. The molecule has 0 N–H and O–H groups in total. The summed E-state index contributed by atoms with van der Waals surface area (Å²) in [6.45, 7) is 3.06. The normalized spacial score (nSPS) is 19.4. The molecular weight excluding hydrogens is 355 g/mol. The number of piperidine rings is 1. The number of rotatable bonds is 3. The molecule has 0 atom stereocenters. The highest BCUT2D eigenvalue weighted by Gasteiger charge is 2.33. The molecule has 2 nitrogen and oxygen atoms in total. The Labute approximate surface area is 127 Å². The molecule has 1 aliphatic heterocycles. The van der Waals surface area contributed by atoms with E-state index in [4.69, 9.17) is 0 Å². The van der Waals surface area contributed by atoms with Gasteiger partial charge in [-0.05, 0) is 59.4 Å². The molecule has 0 radical (unpaired) electrons. The minimum Gasteiger partial charge on any atom is -0.299 e. The summed E-state index contributed by atoms with van der Waals surface area (Å²) in [6.07, 6.45) is 4.02. The maximum Gasteiger partial charge on any atom is 0.104 e. The zero-order chi connectivity index (χ0) is 13.0. The molecule has 1 aliphatic rings. The van der Waals surface area contributed by atoms with Crippen LogP contribution in [0, 0.1) is 14.9 Å². The van der Waals surface area contributed by atoms with Gasteiger partial charge in [-0.3, -0.25) is 4.90 Å². The average Bonchev–Trinajstić information content (AvgIpc) is 2.43. The first-order valence-electron chi connectivity index (χ1n) is 6.11. The zero-order valence-corrected chi connectivity index (χ0v) is 13.5. The van der Waals surface area contributed by atoms with Gasteiger partial charge in [0.2, 0.25) is 0 Å². The van der Waals surface area contributed by atoms with Crippen LogP contribution in [0.15, 0.2) is 24.3 Å². The van der Waals surface area contributed by atoms with Crippen LogP contribution in [0.5, 0.6) is 0 Å². The molecule has 1 saturated heterocycles. The predicted molar refractivity (Wildman–Crippen MR) is 85.5 cm³/mol. The van der Waals surface area contributed by atoms with Crippen LogP contribution < -0.4 is 0 Å². The molecule has 1 aromatic carbocycles. The van der Waals surface area contributed by atoms with E-state index in [2.05, 4.69) is 64.1 Å². The van der Waals surface area contributed by atoms with Gasteiger partial charge in [-0.1, -0.05) is 12.1 Å². The van der Waals surface area contributed by atoms with Crippen molar-refractivity contribution in [1.82, 2.24) is 4.90 Å². The number of thioether (sulfide) groups is 1. The topological polar surface area (TPSA) is 27.0 Å². The molecule has 1 heterocycles. The summed E-state index contributed by atoms with van der Waals surface area (Å²) in [5, 5.41) is 9.26. The molecule has 0 amide bonds. The molecule has 0 saturated carbocycles. The number of halogens is 1. The molecule has 0 bridgehead atoms. The summed E-state index contributed by atoms with van der Waals surface area (Å²) in [4.78, 5) is 2.45. The van der Waals surface area contributed by atoms with Crippen LogP contribution in [0.25, 0.3) is 0 Å². The largest absolute Gasteiger partial charge is 0.299 e. The minimum absolute atomic E-state index is 0.136. The van der Waals surface area contributed by atoms with E-state index in [0.717, 1.165) is 32.5 Å². The third kappa shape index (κ3) is 3.40. The molecule has 96 valence electrons. The van der Waals surface area contributed by atoms with Crippen molar-refractivity contribution in [2.24, 2.45) is 0 Å². The quantitative estimate of drug-likeness (QED) is 0.760. The van der Waals surface area contributed by atoms with Crippen LogP contribution in [-0.2, 0) is 6.54 Å². The molecule has 4 heteroatoms. The average molecular weight is 372 g/mol. The van der Waals surface area contributed by atoms with Crippen LogP contribution in [0.1, 0.15) is 18.4 Å². The Morgan fingerprint density at radius 2 is 1.94 bits per heavy atom. The number of hydrogen-bond donors (Lipinski definition) is 0. The molecule has 0 aromatic heterocycles. The van der Waals surface area contributed by atoms with Crippen molar-refractivity contribution in [1.29, 1.82) is 5.26 Å². The second-order valence-corrected chi connectivity index (χ2v) is 7.15. The summed E-state index contributed by atoms with van der Waals surface area (Å²) in [5.41, 5.74) is 1.36. The Kier molecular flexibility index (Phi) is 4.93. The van der Waals surface area contributed by atoms with Crippen molar-refractivity contribution in [3.63, 3.8) is 0 Å². The fourth-order valence-electron chi connectivity index (χ4n) is 2.28. The summed E-state index contributed by atoms with van der Waals surface area (Å²) in [6, 6.07) is 11.2. The van der Waals surface area contributed by atoms with E-state index in [1.807, 2.05) is 0 Å². The third-order valence-corrected chi connectivity index (χ3v) is 5.58. The molecule has 0 spiro atoms. The highest BCUT2D eigenvalue weighted by atomic mass is 127. The Hall–Kier alpha value is -0.250. The molecule has 0 unspecified atom stereocenters. The van der Waals surface area contributed by atoms with Crippen LogP contribution in [-0.4, -0.2) is 29.0 Å². The summed E-state index contributed by atoms with van der Waals surface area (Å²) in [5.74, 6) is 0. The third-order valence-electron chi connectivity index (χ3n) is 3.58. The van der Waals surface area contributed by atoms with Gasteiger partial charge in [0.15, 0.2) is 0 Å². The van der Waals surface area contributed by atoms with Gasteiger partial charge in [0.05, 0.1) is 6.07 Å². The van der Waals surface area contributed by atoms with Crippen LogP contribution in [0.3, 0.4) is 0 Å². The SMILES string of the molecule is CSC1(C#N)CCN(Cc2ccc(I)cc2)CC1. The molecular formula is C14H17IN2S. The number of nitriles is 1. The molecule has 0 aliphatic carbocycles. The number of likely N-dealkylation sites (tertiary alicyclic amines) is 1. The molecule has 2 rings (SSSR count). The van der Waals surface area contributed by atoms with Crippen LogP contribution in [0.2, 0.25) is 0 Å². The fourth-order valence-corrected chi connectivity index (χ4v) is 3.32. The van der Waals surface area contributed by atoms with E-state index in [1.165, 1.54) is 9.13 Å². The maximum atomic E-state index is 9.26. The lowest BCUT2D eigenvalue weighted by Crippen LogP contribution is -2.41. The molecule has 1 fully saturated rings.